The Labute approximate surface area is 139 Å². The number of imidazole rings is 1. The summed E-state index contributed by atoms with van der Waals surface area (Å²) in [6.07, 6.45) is 8.76. The number of fused-ring (bicyclic) bond motifs is 1. The van der Waals surface area contributed by atoms with Gasteiger partial charge in [0.2, 0.25) is 0 Å². The molecular weight excluding hydrogens is 307 g/mol. The van der Waals surface area contributed by atoms with Crippen LogP contribution in [0.25, 0.3) is 16.9 Å². The van der Waals surface area contributed by atoms with Crippen molar-refractivity contribution in [1.29, 1.82) is 0 Å². The maximum Gasteiger partial charge on any atom is 0.180 e. The van der Waals surface area contributed by atoms with E-state index in [2.05, 4.69) is 10.3 Å². The predicted octanol–water partition coefficient (Wildman–Crippen LogP) is 3.25. The second-order valence-electron chi connectivity index (χ2n) is 6.29. The van der Waals surface area contributed by atoms with Crippen LogP contribution in [0.2, 0.25) is 0 Å². The summed E-state index contributed by atoms with van der Waals surface area (Å²) < 4.78 is 15.1. The van der Waals surface area contributed by atoms with Crippen molar-refractivity contribution in [3.63, 3.8) is 0 Å². The Morgan fingerprint density at radius 1 is 1.12 bits per heavy atom. The summed E-state index contributed by atoms with van der Waals surface area (Å²) in [5.74, 6) is 0.463. The summed E-state index contributed by atoms with van der Waals surface area (Å²) in [5, 5.41) is 13.1. The largest absolute Gasteiger partial charge is 0.393 e. The Bertz CT molecular complexity index is 838. The third kappa shape index (κ3) is 2.97. The topological polar surface area (TPSA) is 62.5 Å². The summed E-state index contributed by atoms with van der Waals surface area (Å²) in [4.78, 5) is 9.08. The van der Waals surface area contributed by atoms with Crippen LogP contribution in [0.4, 0.5) is 10.2 Å². The van der Waals surface area contributed by atoms with Gasteiger partial charge in [-0.25, -0.2) is 14.4 Å². The van der Waals surface area contributed by atoms with Crippen LogP contribution in [-0.2, 0) is 0 Å². The van der Waals surface area contributed by atoms with Gasteiger partial charge in [0.1, 0.15) is 5.82 Å². The lowest BCUT2D eigenvalue weighted by Gasteiger charge is -2.26. The van der Waals surface area contributed by atoms with Gasteiger partial charge in [-0.3, -0.25) is 0 Å². The Hall–Kier alpha value is -2.47. The lowest BCUT2D eigenvalue weighted by Crippen LogP contribution is -2.28. The van der Waals surface area contributed by atoms with Crippen LogP contribution < -0.4 is 5.32 Å². The molecule has 24 heavy (non-hydrogen) atoms. The molecule has 0 amide bonds. The molecule has 1 aliphatic carbocycles. The molecule has 1 aromatic carbocycles. The van der Waals surface area contributed by atoms with Gasteiger partial charge in [-0.05, 0) is 49.9 Å². The molecule has 1 fully saturated rings. The fourth-order valence-electron chi connectivity index (χ4n) is 3.20. The Kier molecular flexibility index (Phi) is 3.90. The summed E-state index contributed by atoms with van der Waals surface area (Å²) in [7, 11) is 0. The first-order chi connectivity index (χ1) is 11.7. The number of rotatable bonds is 3. The number of aromatic nitrogens is 3. The zero-order valence-electron chi connectivity index (χ0n) is 13.2. The summed E-state index contributed by atoms with van der Waals surface area (Å²) in [6, 6.07) is 6.60. The highest BCUT2D eigenvalue weighted by molar-refractivity contribution is 5.69. The zero-order chi connectivity index (χ0) is 16.5. The smallest absolute Gasteiger partial charge is 0.180 e. The van der Waals surface area contributed by atoms with Gasteiger partial charge in [0, 0.05) is 30.2 Å². The lowest BCUT2D eigenvalue weighted by molar-refractivity contribution is 0.126. The average molecular weight is 326 g/mol. The second kappa shape index (κ2) is 6.20. The molecule has 4 rings (SSSR count). The van der Waals surface area contributed by atoms with Crippen molar-refractivity contribution in [2.75, 3.05) is 5.32 Å². The fraction of sp³-hybridized carbons (Fsp3) is 0.333. The van der Waals surface area contributed by atoms with Gasteiger partial charge in [-0.1, -0.05) is 0 Å². The van der Waals surface area contributed by atoms with Crippen LogP contribution in [0, 0.1) is 5.82 Å². The average Bonchev–Trinajstić information content (AvgIpc) is 3.06. The highest BCUT2D eigenvalue weighted by atomic mass is 19.1. The third-order valence-electron chi connectivity index (χ3n) is 4.55. The van der Waals surface area contributed by atoms with Gasteiger partial charge in [-0.15, -0.1) is 0 Å². The van der Waals surface area contributed by atoms with E-state index in [9.17, 15) is 9.50 Å². The van der Waals surface area contributed by atoms with Gasteiger partial charge in [-0.2, -0.15) is 0 Å². The minimum atomic E-state index is -0.262. The molecule has 1 aliphatic rings. The summed E-state index contributed by atoms with van der Waals surface area (Å²) >= 11 is 0. The number of hydrogen-bond donors (Lipinski definition) is 2. The molecule has 2 heterocycles. The Balaban J connectivity index is 1.68. The van der Waals surface area contributed by atoms with E-state index in [4.69, 9.17) is 4.98 Å². The van der Waals surface area contributed by atoms with E-state index in [1.54, 1.807) is 18.3 Å². The SMILES string of the molecule is OC1CCC(Nc2nc(-c3ccc(F)cc3)cn3ccnc23)CC1. The molecular formula is C18H19FN4O. The molecule has 0 saturated heterocycles. The summed E-state index contributed by atoms with van der Waals surface area (Å²) in [6.45, 7) is 0. The van der Waals surface area contributed by atoms with Crippen molar-refractivity contribution in [1.82, 2.24) is 14.4 Å². The number of aliphatic hydroxyl groups is 1. The van der Waals surface area contributed by atoms with Crippen LogP contribution in [0.3, 0.4) is 0 Å². The minimum Gasteiger partial charge on any atom is -0.393 e. The minimum absolute atomic E-state index is 0.187. The van der Waals surface area contributed by atoms with E-state index in [0.717, 1.165) is 48.4 Å². The predicted molar refractivity (Wildman–Crippen MR) is 90.3 cm³/mol. The highest BCUT2D eigenvalue weighted by Crippen LogP contribution is 2.26. The molecule has 0 aliphatic heterocycles. The van der Waals surface area contributed by atoms with E-state index in [-0.39, 0.29) is 18.0 Å². The van der Waals surface area contributed by atoms with Crippen molar-refractivity contribution in [3.8, 4) is 11.3 Å². The molecule has 3 aromatic rings. The third-order valence-corrected chi connectivity index (χ3v) is 4.55. The van der Waals surface area contributed by atoms with E-state index in [0.29, 0.717) is 0 Å². The molecule has 0 spiro atoms. The Morgan fingerprint density at radius 3 is 2.62 bits per heavy atom. The van der Waals surface area contributed by atoms with Crippen LogP contribution >= 0.6 is 0 Å². The van der Waals surface area contributed by atoms with E-state index in [1.165, 1.54) is 12.1 Å². The van der Waals surface area contributed by atoms with Gasteiger partial charge in [0.15, 0.2) is 11.5 Å². The fourth-order valence-corrected chi connectivity index (χ4v) is 3.20. The number of nitrogens with zero attached hydrogens (tertiary/aromatic N) is 3. The van der Waals surface area contributed by atoms with Crippen LogP contribution in [0.1, 0.15) is 25.7 Å². The monoisotopic (exact) mass is 326 g/mol. The van der Waals surface area contributed by atoms with Crippen molar-refractivity contribution < 1.29 is 9.50 Å². The van der Waals surface area contributed by atoms with Gasteiger partial charge >= 0.3 is 0 Å². The number of halogens is 1. The first-order valence-electron chi connectivity index (χ1n) is 8.23. The molecule has 1 saturated carbocycles. The molecule has 6 heteroatoms. The van der Waals surface area contributed by atoms with Crippen LogP contribution in [0.15, 0.2) is 42.9 Å². The molecule has 5 nitrogen and oxygen atoms in total. The molecule has 2 aromatic heterocycles. The second-order valence-corrected chi connectivity index (χ2v) is 6.29. The van der Waals surface area contributed by atoms with Gasteiger partial charge in [0.25, 0.3) is 0 Å². The van der Waals surface area contributed by atoms with Crippen LogP contribution in [-0.4, -0.2) is 31.6 Å². The van der Waals surface area contributed by atoms with E-state index < -0.39 is 0 Å². The van der Waals surface area contributed by atoms with Crippen molar-refractivity contribution >= 4 is 11.5 Å². The number of hydrogen-bond acceptors (Lipinski definition) is 4. The number of nitrogens with one attached hydrogen (secondary N) is 1. The standard InChI is InChI=1S/C18H19FN4O/c19-13-3-1-12(2-4-13)16-11-23-10-9-20-18(23)17(22-16)21-14-5-7-15(24)8-6-14/h1-4,9-11,14-15,24H,5-8H2,(H,21,22). The molecule has 2 N–H and O–H groups in total. The zero-order valence-corrected chi connectivity index (χ0v) is 13.2. The van der Waals surface area contributed by atoms with Gasteiger partial charge < -0.3 is 14.8 Å². The lowest BCUT2D eigenvalue weighted by atomic mass is 9.93. The van der Waals surface area contributed by atoms with E-state index >= 15 is 0 Å². The van der Waals surface area contributed by atoms with Crippen molar-refractivity contribution in [3.05, 3.63) is 48.7 Å². The number of aliphatic hydroxyl groups excluding tert-OH is 1. The maximum atomic E-state index is 13.2. The van der Waals surface area contributed by atoms with Crippen molar-refractivity contribution in [2.45, 2.75) is 37.8 Å². The molecule has 0 bridgehead atoms. The normalized spacial score (nSPS) is 21.1. The number of anilines is 1. The number of benzene rings is 1. The van der Waals surface area contributed by atoms with E-state index in [1.807, 2.05) is 16.8 Å². The molecule has 0 unspecified atom stereocenters. The highest BCUT2D eigenvalue weighted by Gasteiger charge is 2.21. The molecule has 0 radical (unpaired) electrons. The van der Waals surface area contributed by atoms with Crippen molar-refractivity contribution in [2.24, 2.45) is 0 Å². The molecule has 124 valence electrons. The van der Waals surface area contributed by atoms with Gasteiger partial charge in [0.05, 0.1) is 11.8 Å². The first kappa shape index (κ1) is 15.1. The maximum absolute atomic E-state index is 13.2. The quantitative estimate of drug-likeness (QED) is 0.775. The van der Waals surface area contributed by atoms with Crippen LogP contribution in [0.5, 0.6) is 0 Å². The first-order valence-corrected chi connectivity index (χ1v) is 8.23. The summed E-state index contributed by atoms with van der Waals surface area (Å²) in [5.41, 5.74) is 2.39. The molecule has 0 atom stereocenters. The Morgan fingerprint density at radius 2 is 1.88 bits per heavy atom.